The molecule has 2 rings (SSSR count). The third-order valence-corrected chi connectivity index (χ3v) is 4.11. The quantitative estimate of drug-likeness (QED) is 0.591. The number of nitrogens with zero attached hydrogens (tertiary/aromatic N) is 2. The van der Waals surface area contributed by atoms with E-state index in [1.807, 2.05) is 0 Å². The maximum atomic E-state index is 14.9. The SMILES string of the molecule is CC(C)[C@H](N)C(=O)O[C@@H]1[C@@H](C(C)O)O[C@@H](n2ccc(N)nc2=O)C1(F)F. The maximum absolute atomic E-state index is 14.9. The van der Waals surface area contributed by atoms with E-state index in [4.69, 9.17) is 20.9 Å². The molecule has 2 heterocycles. The molecule has 5 N–H and O–H groups in total. The van der Waals surface area contributed by atoms with E-state index in [9.17, 15) is 23.5 Å². The van der Waals surface area contributed by atoms with Crippen LogP contribution in [0.25, 0.3) is 0 Å². The van der Waals surface area contributed by atoms with Crippen LogP contribution < -0.4 is 17.2 Å². The molecule has 5 atom stereocenters. The fraction of sp³-hybridized carbons (Fsp3) is 0.667. The van der Waals surface area contributed by atoms with E-state index in [0.717, 1.165) is 12.3 Å². The average Bonchev–Trinajstić information content (AvgIpc) is 2.78. The Balaban J connectivity index is 2.38. The van der Waals surface area contributed by atoms with Gasteiger partial charge in [0.2, 0.25) is 6.23 Å². The van der Waals surface area contributed by atoms with E-state index >= 15 is 0 Å². The van der Waals surface area contributed by atoms with Gasteiger partial charge >= 0.3 is 17.6 Å². The number of halogens is 2. The number of carbonyl (C=O) groups excluding carboxylic acids is 1. The Morgan fingerprint density at radius 2 is 2.08 bits per heavy atom. The molecule has 26 heavy (non-hydrogen) atoms. The minimum Gasteiger partial charge on any atom is -0.452 e. The number of hydrogen-bond acceptors (Lipinski definition) is 8. The minimum absolute atomic E-state index is 0.148. The van der Waals surface area contributed by atoms with E-state index in [1.165, 1.54) is 6.92 Å². The van der Waals surface area contributed by atoms with Crippen LogP contribution in [0.4, 0.5) is 14.6 Å². The molecule has 9 nitrogen and oxygen atoms in total. The summed E-state index contributed by atoms with van der Waals surface area (Å²) in [6.07, 6.45) is -6.24. The van der Waals surface area contributed by atoms with Crippen LogP contribution >= 0.6 is 0 Å². The molecule has 146 valence electrons. The number of hydrogen-bond donors (Lipinski definition) is 3. The second-order valence-corrected chi connectivity index (χ2v) is 6.54. The summed E-state index contributed by atoms with van der Waals surface area (Å²) in [4.78, 5) is 27.3. The van der Waals surface area contributed by atoms with E-state index < -0.39 is 48.2 Å². The van der Waals surface area contributed by atoms with Crippen LogP contribution in [-0.4, -0.2) is 50.9 Å². The van der Waals surface area contributed by atoms with E-state index in [-0.39, 0.29) is 11.7 Å². The largest absolute Gasteiger partial charge is 0.452 e. The Bertz CT molecular complexity index is 724. The Labute approximate surface area is 147 Å². The van der Waals surface area contributed by atoms with Gasteiger partial charge in [0.1, 0.15) is 18.0 Å². The van der Waals surface area contributed by atoms with Gasteiger partial charge in [0.05, 0.1) is 6.10 Å². The van der Waals surface area contributed by atoms with E-state index in [1.54, 1.807) is 13.8 Å². The number of aliphatic hydroxyl groups is 1. The van der Waals surface area contributed by atoms with Crippen molar-refractivity contribution in [3.05, 3.63) is 22.7 Å². The first-order valence-corrected chi connectivity index (χ1v) is 7.98. The van der Waals surface area contributed by atoms with Gasteiger partial charge in [-0.3, -0.25) is 9.36 Å². The molecule has 0 bridgehead atoms. The van der Waals surface area contributed by atoms with Crippen LogP contribution in [0.1, 0.15) is 27.0 Å². The van der Waals surface area contributed by atoms with Crippen molar-refractivity contribution in [2.45, 2.75) is 57.3 Å². The molecule has 1 fully saturated rings. The number of alkyl halides is 2. The maximum Gasteiger partial charge on any atom is 0.351 e. The summed E-state index contributed by atoms with van der Waals surface area (Å²) in [5.74, 6) is -5.37. The first-order chi connectivity index (χ1) is 12.0. The van der Waals surface area contributed by atoms with Crippen LogP contribution in [0.2, 0.25) is 0 Å². The van der Waals surface area contributed by atoms with Crippen molar-refractivity contribution >= 4 is 11.8 Å². The van der Waals surface area contributed by atoms with Gasteiger partial charge in [-0.05, 0) is 18.9 Å². The van der Waals surface area contributed by atoms with Gasteiger partial charge in [0.15, 0.2) is 6.10 Å². The van der Waals surface area contributed by atoms with E-state index in [2.05, 4.69) is 4.98 Å². The number of anilines is 1. The van der Waals surface area contributed by atoms with Crippen molar-refractivity contribution in [3.63, 3.8) is 0 Å². The summed E-state index contributed by atoms with van der Waals surface area (Å²) < 4.78 is 40.4. The number of esters is 1. The van der Waals surface area contributed by atoms with Crippen LogP contribution in [0.15, 0.2) is 17.1 Å². The van der Waals surface area contributed by atoms with Gasteiger partial charge in [-0.25, -0.2) is 4.79 Å². The molecule has 0 saturated carbocycles. The average molecular weight is 376 g/mol. The third kappa shape index (κ3) is 3.69. The van der Waals surface area contributed by atoms with Crippen LogP contribution in [-0.2, 0) is 14.3 Å². The highest BCUT2D eigenvalue weighted by Gasteiger charge is 2.63. The fourth-order valence-electron chi connectivity index (χ4n) is 2.51. The van der Waals surface area contributed by atoms with Gasteiger partial charge in [0, 0.05) is 6.20 Å². The highest BCUT2D eigenvalue weighted by molar-refractivity contribution is 5.76. The first-order valence-electron chi connectivity index (χ1n) is 7.98. The number of aromatic nitrogens is 2. The third-order valence-electron chi connectivity index (χ3n) is 4.11. The highest BCUT2D eigenvalue weighted by atomic mass is 19.3. The lowest BCUT2D eigenvalue weighted by Gasteiger charge is -2.26. The zero-order valence-corrected chi connectivity index (χ0v) is 14.5. The molecule has 0 radical (unpaired) electrons. The van der Waals surface area contributed by atoms with Crippen molar-refractivity contribution in [3.8, 4) is 0 Å². The molecular formula is C15H22F2N4O5. The predicted octanol–water partition coefficient (Wildman–Crippen LogP) is -0.366. The van der Waals surface area contributed by atoms with Gasteiger partial charge in [-0.1, -0.05) is 13.8 Å². The first kappa shape index (κ1) is 20.2. The number of ether oxygens (including phenoxy) is 2. The summed E-state index contributed by atoms with van der Waals surface area (Å²) in [6.45, 7) is 4.46. The molecule has 0 amide bonds. The Morgan fingerprint density at radius 3 is 2.58 bits per heavy atom. The van der Waals surface area contributed by atoms with Gasteiger partial charge in [-0.15, -0.1) is 0 Å². The number of rotatable bonds is 5. The number of carbonyl (C=O) groups is 1. The monoisotopic (exact) mass is 376 g/mol. The molecule has 1 aromatic heterocycles. The molecule has 1 aliphatic heterocycles. The molecule has 0 aliphatic carbocycles. The smallest absolute Gasteiger partial charge is 0.351 e. The van der Waals surface area contributed by atoms with E-state index in [0.29, 0.717) is 4.57 Å². The lowest BCUT2D eigenvalue weighted by molar-refractivity contribution is -0.179. The zero-order valence-electron chi connectivity index (χ0n) is 14.5. The molecule has 1 unspecified atom stereocenters. The molecule has 1 saturated heterocycles. The van der Waals surface area contributed by atoms with Crippen molar-refractivity contribution in [2.75, 3.05) is 5.73 Å². The second-order valence-electron chi connectivity index (χ2n) is 6.54. The highest BCUT2D eigenvalue weighted by Crippen LogP contribution is 2.45. The topological polar surface area (TPSA) is 143 Å². The van der Waals surface area contributed by atoms with Crippen LogP contribution in [0.5, 0.6) is 0 Å². The van der Waals surface area contributed by atoms with Gasteiger partial charge in [-0.2, -0.15) is 13.8 Å². The van der Waals surface area contributed by atoms with Gasteiger partial charge < -0.3 is 26.0 Å². The Hall–Kier alpha value is -2.11. The van der Waals surface area contributed by atoms with Crippen molar-refractivity contribution in [2.24, 2.45) is 11.7 Å². The molecule has 11 heteroatoms. The lowest BCUT2D eigenvalue weighted by atomic mass is 10.0. The molecule has 1 aromatic rings. The van der Waals surface area contributed by atoms with Crippen molar-refractivity contribution in [1.29, 1.82) is 0 Å². The normalized spacial score (nSPS) is 27.3. The minimum atomic E-state index is -3.82. The Kier molecular flexibility index (Phi) is 5.64. The van der Waals surface area contributed by atoms with Crippen LogP contribution in [0, 0.1) is 5.92 Å². The number of nitrogens with two attached hydrogens (primary N) is 2. The van der Waals surface area contributed by atoms with Gasteiger partial charge in [0.25, 0.3) is 0 Å². The standard InChI is InChI=1S/C15H22F2N4O5/c1-6(2)9(19)12(23)26-11-10(7(3)22)25-13(15(11,16)17)21-5-4-8(18)20-14(21)24/h4-7,9-11,13,22H,19H2,1-3H3,(H2,18,20,24)/t7?,9-,10+,11+,13+/m0/s1. The molecule has 0 aromatic carbocycles. The molecular weight excluding hydrogens is 354 g/mol. The number of aliphatic hydroxyl groups excluding tert-OH is 1. The van der Waals surface area contributed by atoms with Crippen molar-refractivity contribution in [1.82, 2.24) is 9.55 Å². The predicted molar refractivity (Wildman–Crippen MR) is 86.1 cm³/mol. The molecule has 0 spiro atoms. The summed E-state index contributed by atoms with van der Waals surface area (Å²) in [6, 6.07) is 0.0205. The fourth-order valence-corrected chi connectivity index (χ4v) is 2.51. The summed E-state index contributed by atoms with van der Waals surface area (Å²) in [5, 5.41) is 9.79. The lowest BCUT2D eigenvalue weighted by Crippen LogP contribution is -2.49. The molecule has 1 aliphatic rings. The second kappa shape index (κ2) is 7.25. The summed E-state index contributed by atoms with van der Waals surface area (Å²) in [7, 11) is 0. The summed E-state index contributed by atoms with van der Waals surface area (Å²) >= 11 is 0. The Morgan fingerprint density at radius 1 is 1.46 bits per heavy atom. The summed E-state index contributed by atoms with van der Waals surface area (Å²) in [5.41, 5.74) is 9.92. The van der Waals surface area contributed by atoms with Crippen molar-refractivity contribution < 1.29 is 28.2 Å². The van der Waals surface area contributed by atoms with Crippen LogP contribution in [0.3, 0.4) is 0 Å². The zero-order chi connectivity index (χ0) is 19.8. The number of nitrogen functional groups attached to an aromatic ring is 1.